The first-order valence-corrected chi connectivity index (χ1v) is 10.3. The van der Waals surface area contributed by atoms with Crippen LogP contribution in [0.25, 0.3) is 11.1 Å². The van der Waals surface area contributed by atoms with Crippen LogP contribution in [0.3, 0.4) is 0 Å². The highest BCUT2D eigenvalue weighted by Gasteiger charge is 2.26. The summed E-state index contributed by atoms with van der Waals surface area (Å²) < 4.78 is 5.40. The summed E-state index contributed by atoms with van der Waals surface area (Å²) in [6, 6.07) is 9.40. The highest BCUT2D eigenvalue weighted by atomic mass is 35.5. The second kappa shape index (κ2) is 9.35. The van der Waals surface area contributed by atoms with Gasteiger partial charge < -0.3 is 10.1 Å². The number of nitrogens with one attached hydrogen (secondary N) is 1. The van der Waals surface area contributed by atoms with Crippen molar-refractivity contribution in [2.24, 2.45) is 0 Å². The number of benzene rings is 1. The van der Waals surface area contributed by atoms with Crippen molar-refractivity contribution in [1.29, 1.82) is 0 Å². The first kappa shape index (κ1) is 19.9. The minimum atomic E-state index is -0.512. The molecule has 5 nitrogen and oxygen atoms in total. The molecule has 2 aromatic rings. The van der Waals surface area contributed by atoms with Gasteiger partial charge in [-0.1, -0.05) is 54.8 Å². The van der Waals surface area contributed by atoms with E-state index < -0.39 is 5.97 Å². The summed E-state index contributed by atoms with van der Waals surface area (Å²) in [4.78, 5) is 27.2. The van der Waals surface area contributed by atoms with Crippen molar-refractivity contribution < 1.29 is 14.3 Å². The van der Waals surface area contributed by atoms with Crippen molar-refractivity contribution in [2.45, 2.75) is 25.7 Å². The number of hydrogen-bond donors (Lipinski definition) is 1. The van der Waals surface area contributed by atoms with Gasteiger partial charge >= 0.3 is 5.97 Å². The first-order valence-electron chi connectivity index (χ1n) is 9.08. The van der Waals surface area contributed by atoms with E-state index in [-0.39, 0.29) is 5.91 Å². The Balaban J connectivity index is 1.84. The highest BCUT2D eigenvalue weighted by molar-refractivity contribution is 7.21. The molecule has 7 heteroatoms. The highest BCUT2D eigenvalue weighted by Crippen LogP contribution is 2.43. The number of ether oxygens (including phenoxy) is 1. The summed E-state index contributed by atoms with van der Waals surface area (Å²) in [5.41, 5.74) is 1.72. The maximum absolute atomic E-state index is 12.6. The Morgan fingerprint density at radius 2 is 1.81 bits per heavy atom. The molecule has 1 aromatic carbocycles. The minimum Gasteiger partial charge on any atom is -0.465 e. The molecule has 0 saturated carbocycles. The van der Waals surface area contributed by atoms with Crippen LogP contribution < -0.4 is 5.32 Å². The van der Waals surface area contributed by atoms with Gasteiger partial charge in [0, 0.05) is 5.56 Å². The molecule has 1 N–H and O–H groups in total. The van der Waals surface area contributed by atoms with E-state index in [0.29, 0.717) is 27.0 Å². The molecule has 1 aliphatic heterocycles. The van der Waals surface area contributed by atoms with E-state index in [9.17, 15) is 9.59 Å². The van der Waals surface area contributed by atoms with Gasteiger partial charge in [-0.2, -0.15) is 0 Å². The SMILES string of the molecule is COC(=O)c1c(NC(=O)CN2CCCCCC2)sc(Cl)c1-c1ccccc1. The Labute approximate surface area is 168 Å². The molecule has 2 heterocycles. The molecule has 1 saturated heterocycles. The fourth-order valence-corrected chi connectivity index (χ4v) is 4.70. The summed E-state index contributed by atoms with van der Waals surface area (Å²) in [7, 11) is 1.32. The standard InChI is InChI=1S/C20H23ClN2O3S/c1-26-20(25)17-16(14-9-5-4-6-10-14)18(21)27-19(17)22-15(24)13-23-11-7-2-3-8-12-23/h4-6,9-10H,2-3,7-8,11-13H2,1H3,(H,22,24). The van der Waals surface area contributed by atoms with Crippen molar-refractivity contribution in [2.75, 3.05) is 32.1 Å². The van der Waals surface area contributed by atoms with Crippen molar-refractivity contribution in [3.8, 4) is 11.1 Å². The number of hydrogen-bond acceptors (Lipinski definition) is 5. The van der Waals surface area contributed by atoms with Gasteiger partial charge in [0.05, 0.1) is 13.7 Å². The molecule has 0 atom stereocenters. The molecular weight excluding hydrogens is 384 g/mol. The number of esters is 1. The molecule has 0 unspecified atom stereocenters. The molecule has 3 rings (SSSR count). The van der Waals surface area contributed by atoms with Gasteiger partial charge in [-0.3, -0.25) is 9.69 Å². The smallest absolute Gasteiger partial charge is 0.341 e. The van der Waals surface area contributed by atoms with E-state index in [1.54, 1.807) is 0 Å². The molecule has 0 spiro atoms. The zero-order chi connectivity index (χ0) is 19.2. The summed E-state index contributed by atoms with van der Waals surface area (Å²) in [6.45, 7) is 2.17. The maximum atomic E-state index is 12.6. The second-order valence-electron chi connectivity index (χ2n) is 6.55. The molecule has 1 amide bonds. The van der Waals surface area contributed by atoms with Crippen LogP contribution in [0.1, 0.15) is 36.0 Å². The monoisotopic (exact) mass is 406 g/mol. The van der Waals surface area contributed by atoms with Crippen molar-refractivity contribution in [3.63, 3.8) is 0 Å². The van der Waals surface area contributed by atoms with Crippen LogP contribution >= 0.6 is 22.9 Å². The lowest BCUT2D eigenvalue weighted by Crippen LogP contribution is -2.34. The quantitative estimate of drug-likeness (QED) is 0.733. The Hall–Kier alpha value is -1.89. The van der Waals surface area contributed by atoms with Crippen molar-refractivity contribution in [3.05, 3.63) is 40.2 Å². The number of methoxy groups -OCH3 is 1. The molecule has 0 bridgehead atoms. The predicted molar refractivity (Wildman–Crippen MR) is 110 cm³/mol. The number of thiophene rings is 1. The summed E-state index contributed by atoms with van der Waals surface area (Å²) in [5.74, 6) is -0.651. The maximum Gasteiger partial charge on any atom is 0.341 e. The van der Waals surface area contributed by atoms with Gasteiger partial charge in [0.15, 0.2) is 0 Å². The average Bonchev–Trinajstić information content (AvgIpc) is 2.83. The van der Waals surface area contributed by atoms with E-state index in [4.69, 9.17) is 16.3 Å². The number of rotatable bonds is 5. The van der Waals surface area contributed by atoms with Gasteiger partial charge in [0.1, 0.15) is 14.9 Å². The number of anilines is 1. The Bertz CT molecular complexity index is 799. The molecule has 1 fully saturated rings. The molecule has 0 radical (unpaired) electrons. The molecule has 27 heavy (non-hydrogen) atoms. The molecule has 0 aliphatic carbocycles. The van der Waals surface area contributed by atoms with Crippen LogP contribution in [0.4, 0.5) is 5.00 Å². The van der Waals surface area contributed by atoms with Gasteiger partial charge in [-0.15, -0.1) is 11.3 Å². The first-order chi connectivity index (χ1) is 13.1. The number of halogens is 1. The Morgan fingerprint density at radius 3 is 2.44 bits per heavy atom. The normalized spacial score (nSPS) is 15.2. The Morgan fingerprint density at radius 1 is 1.15 bits per heavy atom. The van der Waals surface area contributed by atoms with Gasteiger partial charge in [0.2, 0.25) is 5.91 Å². The number of likely N-dealkylation sites (tertiary alicyclic amines) is 1. The van der Waals surface area contributed by atoms with Crippen LogP contribution in [0.15, 0.2) is 30.3 Å². The van der Waals surface area contributed by atoms with Crippen LogP contribution in [0.2, 0.25) is 4.34 Å². The van der Waals surface area contributed by atoms with E-state index in [1.165, 1.54) is 31.3 Å². The third-order valence-corrected chi connectivity index (χ3v) is 5.95. The predicted octanol–water partition coefficient (Wildman–Crippen LogP) is 4.67. The van der Waals surface area contributed by atoms with Crippen LogP contribution in [-0.4, -0.2) is 43.5 Å². The van der Waals surface area contributed by atoms with E-state index in [2.05, 4.69) is 10.2 Å². The summed E-state index contributed by atoms with van der Waals surface area (Å²) in [6.07, 6.45) is 4.66. The largest absolute Gasteiger partial charge is 0.465 e. The molecule has 1 aliphatic rings. The van der Waals surface area contributed by atoms with Crippen LogP contribution in [0.5, 0.6) is 0 Å². The number of carbonyl (C=O) groups excluding carboxylic acids is 2. The lowest BCUT2D eigenvalue weighted by Gasteiger charge is -2.18. The van der Waals surface area contributed by atoms with Crippen molar-refractivity contribution >= 4 is 39.8 Å². The summed E-state index contributed by atoms with van der Waals surface area (Å²) >= 11 is 7.62. The van der Waals surface area contributed by atoms with Gasteiger partial charge in [-0.05, 0) is 31.5 Å². The second-order valence-corrected chi connectivity index (χ2v) is 8.17. The minimum absolute atomic E-state index is 0.139. The number of carbonyl (C=O) groups is 2. The van der Waals surface area contributed by atoms with Gasteiger partial charge in [0.25, 0.3) is 0 Å². The van der Waals surface area contributed by atoms with Crippen LogP contribution in [0, 0.1) is 0 Å². The summed E-state index contributed by atoms with van der Waals surface area (Å²) in [5, 5.41) is 3.31. The third kappa shape index (κ3) is 4.89. The zero-order valence-electron chi connectivity index (χ0n) is 15.3. The third-order valence-electron chi connectivity index (χ3n) is 4.64. The number of amides is 1. The van der Waals surface area contributed by atoms with Crippen LogP contribution in [-0.2, 0) is 9.53 Å². The molecule has 1 aromatic heterocycles. The fraction of sp³-hybridized carbons (Fsp3) is 0.400. The Kier molecular flexibility index (Phi) is 6.88. The van der Waals surface area contributed by atoms with E-state index in [0.717, 1.165) is 31.5 Å². The topological polar surface area (TPSA) is 58.6 Å². The molecule has 144 valence electrons. The lowest BCUT2D eigenvalue weighted by atomic mass is 10.0. The fourth-order valence-electron chi connectivity index (χ4n) is 3.31. The number of nitrogens with zero attached hydrogens (tertiary/aromatic N) is 1. The van der Waals surface area contributed by atoms with Crippen molar-refractivity contribution in [1.82, 2.24) is 4.90 Å². The average molecular weight is 407 g/mol. The van der Waals surface area contributed by atoms with E-state index >= 15 is 0 Å². The van der Waals surface area contributed by atoms with Gasteiger partial charge in [-0.25, -0.2) is 4.79 Å². The molecular formula is C20H23ClN2O3S. The van der Waals surface area contributed by atoms with E-state index in [1.807, 2.05) is 30.3 Å². The lowest BCUT2D eigenvalue weighted by molar-refractivity contribution is -0.117. The zero-order valence-corrected chi connectivity index (χ0v) is 16.9.